The minimum Gasteiger partial charge on any atom is -0.656 e. The van der Waals surface area contributed by atoms with Crippen LogP contribution in [0.2, 0.25) is 0 Å². The summed E-state index contributed by atoms with van der Waals surface area (Å²) in [6.07, 6.45) is 1.88. The molecule has 0 unspecified atom stereocenters. The summed E-state index contributed by atoms with van der Waals surface area (Å²) < 4.78 is 4.63. The first kappa shape index (κ1) is 37.8. The van der Waals surface area contributed by atoms with Gasteiger partial charge in [0.1, 0.15) is 11.6 Å². The first-order chi connectivity index (χ1) is 27.3. The predicted octanol–water partition coefficient (Wildman–Crippen LogP) is 13.1. The van der Waals surface area contributed by atoms with Crippen LogP contribution in [-0.2, 0) is 31.9 Å². The molecule has 288 valence electrons. The first-order valence-electron chi connectivity index (χ1n) is 19.9. The minimum atomic E-state index is -0.0889. The summed E-state index contributed by atoms with van der Waals surface area (Å²) in [7, 11) is 0. The molecule has 0 saturated heterocycles. The Hall–Kier alpha value is -5.77. The van der Waals surface area contributed by atoms with E-state index in [0.717, 1.165) is 83.5 Å². The zero-order chi connectivity index (χ0) is 39.4. The van der Waals surface area contributed by atoms with Crippen LogP contribution in [0.5, 0.6) is 0 Å². The van der Waals surface area contributed by atoms with Crippen LogP contribution in [0.3, 0.4) is 0 Å². The molecule has 58 heavy (non-hydrogen) atoms. The van der Waals surface area contributed by atoms with E-state index in [1.807, 2.05) is 12.3 Å². The topological polar surface area (TPSA) is 49.7 Å². The Labute approximate surface area is 354 Å². The molecule has 6 heteroatoms. The summed E-state index contributed by atoms with van der Waals surface area (Å²) in [5.41, 5.74) is 15.0. The van der Waals surface area contributed by atoms with Gasteiger partial charge in [0.05, 0.1) is 11.0 Å². The van der Waals surface area contributed by atoms with E-state index >= 15 is 0 Å². The number of fused-ring (bicyclic) bond motifs is 7. The van der Waals surface area contributed by atoms with Crippen molar-refractivity contribution in [3.63, 3.8) is 0 Å². The number of benzene rings is 6. The molecule has 5 nitrogen and oxygen atoms in total. The monoisotopic (exact) mass is 934 g/mol. The molecule has 0 aliphatic rings. The Kier molecular flexibility index (Phi) is 8.91. The zero-order valence-corrected chi connectivity index (χ0v) is 36.4. The fraction of sp³-hybridized carbons (Fsp3) is 0.192. The maximum Gasteiger partial charge on any atom is 2.00 e. The van der Waals surface area contributed by atoms with Crippen LogP contribution in [-0.4, -0.2) is 19.1 Å². The molecule has 0 N–H and O–H groups in total. The zero-order valence-electron chi connectivity index (χ0n) is 34.2. The average Bonchev–Trinajstić information content (AvgIpc) is 3.86. The Bertz CT molecular complexity index is 3220. The van der Waals surface area contributed by atoms with Crippen LogP contribution in [0.25, 0.3) is 88.7 Å². The van der Waals surface area contributed by atoms with Crippen molar-refractivity contribution >= 4 is 54.6 Å². The molecular weight excluding hydrogens is 890 g/mol. The summed E-state index contributed by atoms with van der Waals surface area (Å²) in [4.78, 5) is 15.7. The van der Waals surface area contributed by atoms with Gasteiger partial charge < -0.3 is 9.55 Å². The molecule has 4 aromatic heterocycles. The summed E-state index contributed by atoms with van der Waals surface area (Å²) in [6, 6.07) is 47.5. The van der Waals surface area contributed by atoms with Crippen molar-refractivity contribution in [2.75, 3.05) is 0 Å². The van der Waals surface area contributed by atoms with Gasteiger partial charge in [-0.3, -0.25) is 4.57 Å². The van der Waals surface area contributed by atoms with Crippen LogP contribution in [0.1, 0.15) is 63.8 Å². The van der Waals surface area contributed by atoms with Gasteiger partial charge in [-0.05, 0) is 99.4 Å². The van der Waals surface area contributed by atoms with E-state index in [1.54, 1.807) is 0 Å². The second kappa shape index (κ2) is 13.7. The van der Waals surface area contributed by atoms with Crippen molar-refractivity contribution in [2.24, 2.45) is 0 Å². The number of aromatic nitrogens is 5. The van der Waals surface area contributed by atoms with Gasteiger partial charge in [0, 0.05) is 23.0 Å². The number of imidazole rings is 1. The number of aryl methyl sites for hydroxylation is 2. The molecule has 0 amide bonds. The van der Waals surface area contributed by atoms with E-state index < -0.39 is 0 Å². The Morgan fingerprint density at radius 1 is 0.621 bits per heavy atom. The van der Waals surface area contributed by atoms with E-state index in [4.69, 9.17) is 15.0 Å². The van der Waals surface area contributed by atoms with Gasteiger partial charge in [-0.1, -0.05) is 131 Å². The molecule has 10 rings (SSSR count). The Morgan fingerprint density at radius 3 is 2.16 bits per heavy atom. The van der Waals surface area contributed by atoms with Crippen molar-refractivity contribution in [3.8, 4) is 34.0 Å². The fourth-order valence-corrected chi connectivity index (χ4v) is 8.69. The van der Waals surface area contributed by atoms with Crippen LogP contribution < -0.4 is 4.98 Å². The quantitative estimate of drug-likeness (QED) is 0.165. The third kappa shape index (κ3) is 6.02. The van der Waals surface area contributed by atoms with Gasteiger partial charge in [0.25, 0.3) is 0 Å². The molecule has 0 fully saturated rings. The van der Waals surface area contributed by atoms with Gasteiger partial charge in [-0.2, -0.15) is 0 Å². The standard InChI is InChI=1S/C52H45N5.Pt/c1-31-15-13-16-35(25-31)56-45-27-32(2)26-40(49(45)55-50(56)39-19-14-18-37-36-17-9-10-20-42(36)54-48(37)39)33-22-23-38-43(28-33)57(46-21-11-12-24-53-46)44-30-34(51(3,4)5)29-41(47(38)44)52(6,7)8;/h9-27,29-30H,1-8H3;/q-2;+2. The van der Waals surface area contributed by atoms with E-state index in [0.29, 0.717) is 0 Å². The molecule has 0 radical (unpaired) electrons. The second-order valence-electron chi connectivity index (χ2n) is 17.7. The number of pyridine rings is 1. The molecule has 4 heterocycles. The first-order valence-corrected chi connectivity index (χ1v) is 19.9. The van der Waals surface area contributed by atoms with Gasteiger partial charge in [-0.15, -0.1) is 34.8 Å². The largest absolute Gasteiger partial charge is 2.00 e. The van der Waals surface area contributed by atoms with Crippen molar-refractivity contribution in [3.05, 3.63) is 156 Å². The molecule has 0 aliphatic carbocycles. The van der Waals surface area contributed by atoms with E-state index in [2.05, 4.69) is 186 Å². The van der Waals surface area contributed by atoms with Gasteiger partial charge in [0.2, 0.25) is 0 Å². The van der Waals surface area contributed by atoms with Crippen LogP contribution in [0, 0.1) is 19.9 Å². The number of hydrogen-bond acceptors (Lipinski definition) is 2. The summed E-state index contributed by atoms with van der Waals surface area (Å²) in [5, 5.41) is 4.70. The SMILES string of the molecule is Cc1cccc(-n2c(-c3cccc4c3[n-]c3ccccc34)nc3c(-c4[c-]c5c(cc4)c4c(C(C)(C)C)cc(C(C)(C)C)cc4n5-c4ccccn4)cc(C)cc32)c1.[Pt+2]. The number of hydrogen-bond donors (Lipinski definition) is 0. The molecule has 6 aromatic carbocycles. The maximum atomic E-state index is 5.60. The maximum absolute atomic E-state index is 5.60. The number of nitrogens with zero attached hydrogens (tertiary/aromatic N) is 5. The predicted molar refractivity (Wildman–Crippen MR) is 238 cm³/mol. The molecular formula is C52H45N5Pt. The Balaban J connectivity index is 0.00000436. The molecule has 0 saturated carbocycles. The smallest absolute Gasteiger partial charge is 0.656 e. The van der Waals surface area contributed by atoms with E-state index in [-0.39, 0.29) is 31.9 Å². The van der Waals surface area contributed by atoms with Crippen LogP contribution in [0.4, 0.5) is 0 Å². The third-order valence-corrected chi connectivity index (χ3v) is 11.5. The molecule has 0 spiro atoms. The summed E-state index contributed by atoms with van der Waals surface area (Å²) >= 11 is 0. The van der Waals surface area contributed by atoms with Crippen LogP contribution >= 0.6 is 0 Å². The van der Waals surface area contributed by atoms with Crippen molar-refractivity contribution in [1.29, 1.82) is 0 Å². The van der Waals surface area contributed by atoms with Gasteiger partial charge in [0.15, 0.2) is 0 Å². The number of para-hydroxylation sites is 2. The van der Waals surface area contributed by atoms with Gasteiger partial charge in [-0.25, -0.2) is 9.97 Å². The van der Waals surface area contributed by atoms with Crippen molar-refractivity contribution < 1.29 is 21.1 Å². The van der Waals surface area contributed by atoms with Crippen molar-refractivity contribution in [1.82, 2.24) is 24.1 Å². The third-order valence-electron chi connectivity index (χ3n) is 11.5. The van der Waals surface area contributed by atoms with Crippen molar-refractivity contribution in [2.45, 2.75) is 66.2 Å². The molecule has 0 atom stereocenters. The van der Waals surface area contributed by atoms with Crippen LogP contribution in [0.15, 0.2) is 128 Å². The number of rotatable bonds is 4. The molecule has 0 aliphatic heterocycles. The minimum absolute atomic E-state index is 0. The summed E-state index contributed by atoms with van der Waals surface area (Å²) in [6.45, 7) is 18.1. The average molecular weight is 935 g/mol. The fourth-order valence-electron chi connectivity index (χ4n) is 8.69. The van der Waals surface area contributed by atoms with Gasteiger partial charge >= 0.3 is 21.1 Å². The molecule has 10 aromatic rings. The normalized spacial score (nSPS) is 12.3. The van der Waals surface area contributed by atoms with E-state index in [1.165, 1.54) is 27.5 Å². The van der Waals surface area contributed by atoms with E-state index in [9.17, 15) is 0 Å². The summed E-state index contributed by atoms with van der Waals surface area (Å²) in [5.74, 6) is 1.74. The Morgan fingerprint density at radius 2 is 1.40 bits per heavy atom. The molecule has 0 bridgehead atoms. The second-order valence-corrected chi connectivity index (χ2v) is 17.7.